The summed E-state index contributed by atoms with van der Waals surface area (Å²) < 4.78 is 1.06. The van der Waals surface area contributed by atoms with Crippen molar-refractivity contribution in [3.63, 3.8) is 0 Å². The molecule has 0 bridgehead atoms. The van der Waals surface area contributed by atoms with E-state index in [1.165, 1.54) is 0 Å². The Morgan fingerprint density at radius 2 is 2.38 bits per heavy atom. The number of aromatic amines is 1. The third-order valence-electron chi connectivity index (χ3n) is 0.881. The number of rotatable bonds is 1. The van der Waals surface area contributed by atoms with Gasteiger partial charge in [-0.05, 0) is 34.7 Å². The molecule has 44 valence electrons. The van der Waals surface area contributed by atoms with E-state index in [4.69, 9.17) is 5.11 Å². The molecule has 0 spiro atoms. The highest BCUT2D eigenvalue weighted by Gasteiger charge is 1.89. The number of aliphatic hydroxyl groups is 1. The van der Waals surface area contributed by atoms with Gasteiger partial charge in [0.05, 0.1) is 10.3 Å². The molecule has 0 saturated carbocycles. The molecule has 0 aliphatic rings. The van der Waals surface area contributed by atoms with E-state index in [2.05, 4.69) is 27.6 Å². The lowest BCUT2D eigenvalue weighted by molar-refractivity contribution is 0.277. The number of halogens is 1. The molecule has 0 aliphatic carbocycles. The fourth-order valence-corrected chi connectivity index (χ4v) is 1.03. The van der Waals surface area contributed by atoms with Gasteiger partial charge in [0.15, 0.2) is 0 Å². The molecule has 8 heavy (non-hydrogen) atoms. The number of H-pyrrole nitrogens is 1. The lowest BCUT2D eigenvalue weighted by atomic mass is 10.5. The molecule has 0 amide bonds. The zero-order chi connectivity index (χ0) is 5.98. The van der Waals surface area contributed by atoms with E-state index in [1.54, 1.807) is 0 Å². The molecule has 1 rings (SSSR count). The predicted octanol–water partition coefficient (Wildman–Crippen LogP) is 1.11. The summed E-state index contributed by atoms with van der Waals surface area (Å²) in [4.78, 5) is 2.96. The summed E-state index contributed by atoms with van der Waals surface area (Å²) >= 11 is 2.16. The Balaban J connectivity index is 2.84. The fraction of sp³-hybridized carbons (Fsp3) is 0.200. The van der Waals surface area contributed by atoms with Crippen LogP contribution in [0, 0.1) is 3.70 Å². The SMILES string of the molecule is OCc1ccc(I)[nH]1. The van der Waals surface area contributed by atoms with Crippen molar-refractivity contribution < 1.29 is 5.11 Å². The third-order valence-corrected chi connectivity index (χ3v) is 1.51. The second kappa shape index (κ2) is 2.50. The van der Waals surface area contributed by atoms with Crippen molar-refractivity contribution in [2.24, 2.45) is 0 Å². The smallest absolute Gasteiger partial charge is 0.0831 e. The van der Waals surface area contributed by atoms with Gasteiger partial charge in [-0.25, -0.2) is 0 Å². The third kappa shape index (κ3) is 1.23. The van der Waals surface area contributed by atoms with Crippen molar-refractivity contribution in [3.8, 4) is 0 Å². The van der Waals surface area contributed by atoms with E-state index in [-0.39, 0.29) is 6.61 Å². The van der Waals surface area contributed by atoms with Crippen molar-refractivity contribution in [1.82, 2.24) is 4.98 Å². The van der Waals surface area contributed by atoms with Gasteiger partial charge in [0.25, 0.3) is 0 Å². The first-order valence-corrected chi connectivity index (χ1v) is 3.35. The highest BCUT2D eigenvalue weighted by atomic mass is 127. The Bertz CT molecular complexity index is 173. The normalized spacial score (nSPS) is 9.75. The van der Waals surface area contributed by atoms with Crippen LogP contribution in [0.1, 0.15) is 5.69 Å². The van der Waals surface area contributed by atoms with Crippen LogP contribution in [-0.2, 0) is 6.61 Å². The van der Waals surface area contributed by atoms with Crippen LogP contribution in [0.5, 0.6) is 0 Å². The van der Waals surface area contributed by atoms with Crippen LogP contribution in [0.4, 0.5) is 0 Å². The van der Waals surface area contributed by atoms with Gasteiger partial charge >= 0.3 is 0 Å². The average Bonchev–Trinajstić information content (AvgIpc) is 2.14. The summed E-state index contributed by atoms with van der Waals surface area (Å²) in [6.07, 6.45) is 0. The number of hydrogen-bond donors (Lipinski definition) is 2. The highest BCUT2D eigenvalue weighted by molar-refractivity contribution is 14.1. The molecular formula is C5H6INO. The molecule has 0 fully saturated rings. The minimum atomic E-state index is 0.100. The van der Waals surface area contributed by atoms with Crippen LogP contribution in [0.25, 0.3) is 0 Å². The predicted molar refractivity (Wildman–Crippen MR) is 39.4 cm³/mol. The standard InChI is InChI=1S/C5H6INO/c6-5-2-1-4(3-8)7-5/h1-2,7-8H,3H2. The maximum atomic E-state index is 8.52. The van der Waals surface area contributed by atoms with Gasteiger partial charge in [0.2, 0.25) is 0 Å². The summed E-state index contributed by atoms with van der Waals surface area (Å²) in [5.74, 6) is 0. The summed E-state index contributed by atoms with van der Waals surface area (Å²) in [5, 5.41) is 8.52. The maximum absolute atomic E-state index is 8.52. The monoisotopic (exact) mass is 223 g/mol. The molecule has 3 heteroatoms. The zero-order valence-electron chi connectivity index (χ0n) is 4.19. The van der Waals surface area contributed by atoms with E-state index in [9.17, 15) is 0 Å². The summed E-state index contributed by atoms with van der Waals surface area (Å²) in [6.45, 7) is 0.100. The molecular weight excluding hydrogens is 217 g/mol. The van der Waals surface area contributed by atoms with Crippen LogP contribution in [0.15, 0.2) is 12.1 Å². The molecule has 0 saturated heterocycles. The molecule has 0 radical (unpaired) electrons. The average molecular weight is 223 g/mol. The molecule has 2 nitrogen and oxygen atoms in total. The quantitative estimate of drug-likeness (QED) is 0.687. The molecule has 0 unspecified atom stereocenters. The van der Waals surface area contributed by atoms with Crippen molar-refractivity contribution in [2.45, 2.75) is 6.61 Å². The Morgan fingerprint density at radius 3 is 2.62 bits per heavy atom. The number of hydrogen-bond acceptors (Lipinski definition) is 1. The summed E-state index contributed by atoms with van der Waals surface area (Å²) in [5.41, 5.74) is 0.870. The number of aromatic nitrogens is 1. The number of nitrogens with one attached hydrogen (secondary N) is 1. The Hall–Kier alpha value is -0.0300. The topological polar surface area (TPSA) is 36.0 Å². The van der Waals surface area contributed by atoms with Crippen LogP contribution < -0.4 is 0 Å². The summed E-state index contributed by atoms with van der Waals surface area (Å²) in [7, 11) is 0. The van der Waals surface area contributed by atoms with Gasteiger partial charge in [-0.2, -0.15) is 0 Å². The summed E-state index contributed by atoms with van der Waals surface area (Å²) in [6, 6.07) is 3.79. The van der Waals surface area contributed by atoms with Gasteiger partial charge in [-0.3, -0.25) is 0 Å². The van der Waals surface area contributed by atoms with Gasteiger partial charge in [0, 0.05) is 5.69 Å². The first-order valence-electron chi connectivity index (χ1n) is 2.27. The first-order chi connectivity index (χ1) is 3.83. The van der Waals surface area contributed by atoms with E-state index in [0.717, 1.165) is 9.39 Å². The fourth-order valence-electron chi connectivity index (χ4n) is 0.503. The van der Waals surface area contributed by atoms with Crippen molar-refractivity contribution in [1.29, 1.82) is 0 Å². The largest absolute Gasteiger partial charge is 0.390 e. The first kappa shape index (κ1) is 6.10. The molecule has 0 aromatic carbocycles. The van der Waals surface area contributed by atoms with Crippen LogP contribution >= 0.6 is 22.6 Å². The second-order valence-electron chi connectivity index (χ2n) is 1.49. The van der Waals surface area contributed by atoms with Gasteiger partial charge in [0.1, 0.15) is 0 Å². The Labute approximate surface area is 61.1 Å². The van der Waals surface area contributed by atoms with Gasteiger partial charge < -0.3 is 10.1 Å². The van der Waals surface area contributed by atoms with Crippen molar-refractivity contribution in [3.05, 3.63) is 21.5 Å². The minimum Gasteiger partial charge on any atom is -0.390 e. The highest BCUT2D eigenvalue weighted by Crippen LogP contribution is 2.03. The molecule has 1 heterocycles. The van der Waals surface area contributed by atoms with Gasteiger partial charge in [-0.15, -0.1) is 0 Å². The lowest BCUT2D eigenvalue weighted by Crippen LogP contribution is -1.80. The van der Waals surface area contributed by atoms with Crippen molar-refractivity contribution >= 4 is 22.6 Å². The van der Waals surface area contributed by atoms with Crippen LogP contribution in [-0.4, -0.2) is 10.1 Å². The zero-order valence-corrected chi connectivity index (χ0v) is 6.34. The second-order valence-corrected chi connectivity index (χ2v) is 2.65. The molecule has 1 aromatic heterocycles. The van der Waals surface area contributed by atoms with Crippen LogP contribution in [0.2, 0.25) is 0 Å². The number of aliphatic hydroxyl groups excluding tert-OH is 1. The molecule has 0 aliphatic heterocycles. The van der Waals surface area contributed by atoms with E-state index in [1.807, 2.05) is 12.1 Å². The molecule has 2 N–H and O–H groups in total. The minimum absolute atomic E-state index is 0.100. The van der Waals surface area contributed by atoms with Crippen molar-refractivity contribution in [2.75, 3.05) is 0 Å². The van der Waals surface area contributed by atoms with Gasteiger partial charge in [-0.1, -0.05) is 0 Å². The Morgan fingerprint density at radius 1 is 1.62 bits per heavy atom. The molecule has 0 atom stereocenters. The Kier molecular flexibility index (Phi) is 1.90. The van der Waals surface area contributed by atoms with Crippen LogP contribution in [0.3, 0.4) is 0 Å². The molecule has 1 aromatic rings. The lowest BCUT2D eigenvalue weighted by Gasteiger charge is -1.83. The van der Waals surface area contributed by atoms with E-state index < -0.39 is 0 Å². The van der Waals surface area contributed by atoms with E-state index >= 15 is 0 Å². The van der Waals surface area contributed by atoms with E-state index in [0.29, 0.717) is 0 Å². The maximum Gasteiger partial charge on any atom is 0.0831 e.